The van der Waals surface area contributed by atoms with Crippen molar-refractivity contribution < 1.29 is 8.42 Å². The van der Waals surface area contributed by atoms with Crippen molar-refractivity contribution in [3.05, 3.63) is 41.7 Å². The molecule has 0 saturated carbocycles. The van der Waals surface area contributed by atoms with Crippen LogP contribution >= 0.6 is 0 Å². The number of aromatic amines is 1. The monoisotopic (exact) mass is 278 g/mol. The summed E-state index contributed by atoms with van der Waals surface area (Å²) < 4.78 is 27.0. The third-order valence-corrected chi connectivity index (χ3v) is 4.50. The van der Waals surface area contributed by atoms with Gasteiger partial charge in [-0.25, -0.2) is 8.42 Å². The van der Waals surface area contributed by atoms with Gasteiger partial charge in [-0.05, 0) is 30.2 Å². The molecule has 1 aromatic carbocycles. The summed E-state index contributed by atoms with van der Waals surface area (Å²) >= 11 is 0. The van der Waals surface area contributed by atoms with Crippen molar-refractivity contribution in [2.75, 3.05) is 11.3 Å². The number of hydrogen-bond donors (Lipinski definition) is 3. The molecule has 3 N–H and O–H groups in total. The highest BCUT2D eigenvalue weighted by molar-refractivity contribution is 7.92. The summed E-state index contributed by atoms with van der Waals surface area (Å²) in [6.07, 6.45) is 3.47. The molecule has 0 amide bonds. The molecular formula is C12H14N4O2S. The molecule has 0 radical (unpaired) electrons. The van der Waals surface area contributed by atoms with Crippen molar-refractivity contribution in [1.82, 2.24) is 15.5 Å². The average Bonchev–Trinajstić information content (AvgIpc) is 2.93. The highest BCUT2D eigenvalue weighted by atomic mass is 32.2. The molecule has 3 rings (SSSR count). The number of rotatable bonds is 3. The fourth-order valence-electron chi connectivity index (χ4n) is 2.22. The molecule has 6 nitrogen and oxygen atoms in total. The number of sulfonamides is 1. The number of H-pyrrole nitrogens is 1. The molecule has 7 heteroatoms. The fourth-order valence-corrected chi connectivity index (χ4v) is 3.22. The Hall–Kier alpha value is -1.86. The van der Waals surface area contributed by atoms with Gasteiger partial charge in [0.05, 0.1) is 11.9 Å². The molecule has 2 heterocycles. The van der Waals surface area contributed by atoms with Crippen LogP contribution in [0, 0.1) is 0 Å². The summed E-state index contributed by atoms with van der Waals surface area (Å²) in [5.41, 5.74) is 2.85. The molecule has 0 unspecified atom stereocenters. The maximum Gasteiger partial charge on any atom is 0.265 e. The molecule has 0 atom stereocenters. The van der Waals surface area contributed by atoms with Crippen molar-refractivity contribution >= 4 is 15.7 Å². The maximum atomic E-state index is 12.2. The van der Waals surface area contributed by atoms with E-state index in [9.17, 15) is 8.42 Å². The summed E-state index contributed by atoms with van der Waals surface area (Å²) in [6, 6.07) is 5.66. The van der Waals surface area contributed by atoms with Crippen LogP contribution in [-0.2, 0) is 23.0 Å². The van der Waals surface area contributed by atoms with E-state index < -0.39 is 10.0 Å². The lowest BCUT2D eigenvalue weighted by atomic mass is 9.99. The smallest absolute Gasteiger partial charge is 0.265 e. The van der Waals surface area contributed by atoms with Gasteiger partial charge in [-0.1, -0.05) is 12.1 Å². The van der Waals surface area contributed by atoms with E-state index in [4.69, 9.17) is 0 Å². The van der Waals surface area contributed by atoms with Gasteiger partial charge in [-0.15, -0.1) is 0 Å². The van der Waals surface area contributed by atoms with Gasteiger partial charge in [-0.3, -0.25) is 9.82 Å². The Morgan fingerprint density at radius 2 is 2.21 bits per heavy atom. The van der Waals surface area contributed by atoms with E-state index >= 15 is 0 Å². The first kappa shape index (κ1) is 12.2. The van der Waals surface area contributed by atoms with Crippen LogP contribution in [0.3, 0.4) is 0 Å². The summed E-state index contributed by atoms with van der Waals surface area (Å²) in [5, 5.41) is 9.43. The molecule has 1 aromatic heterocycles. The van der Waals surface area contributed by atoms with E-state index in [1.54, 1.807) is 6.07 Å². The largest absolute Gasteiger partial charge is 0.312 e. The van der Waals surface area contributed by atoms with Crippen molar-refractivity contribution in [3.8, 4) is 0 Å². The standard InChI is InChI=1S/C12H14N4O2S/c17-19(18,10-7-14-15-8-10)16-12-3-1-2-9-6-13-5-4-11(9)12/h1-3,7-8,13,16H,4-6H2,(H,14,15). The molecule has 0 aliphatic carbocycles. The Morgan fingerprint density at radius 1 is 1.32 bits per heavy atom. The van der Waals surface area contributed by atoms with Crippen LogP contribution in [-0.4, -0.2) is 25.2 Å². The van der Waals surface area contributed by atoms with Crippen molar-refractivity contribution in [1.29, 1.82) is 0 Å². The molecule has 2 aromatic rings. The van der Waals surface area contributed by atoms with Gasteiger partial charge in [0.2, 0.25) is 0 Å². The van der Waals surface area contributed by atoms with Crippen LogP contribution in [0.5, 0.6) is 0 Å². The topological polar surface area (TPSA) is 86.9 Å². The minimum Gasteiger partial charge on any atom is -0.312 e. The van der Waals surface area contributed by atoms with Crippen LogP contribution in [0.4, 0.5) is 5.69 Å². The van der Waals surface area contributed by atoms with Gasteiger partial charge in [-0.2, -0.15) is 5.10 Å². The second-order valence-corrected chi connectivity index (χ2v) is 6.09. The molecule has 1 aliphatic heterocycles. The van der Waals surface area contributed by atoms with E-state index in [1.165, 1.54) is 12.4 Å². The molecule has 0 spiro atoms. The second-order valence-electron chi connectivity index (χ2n) is 4.41. The first-order valence-corrected chi connectivity index (χ1v) is 7.48. The van der Waals surface area contributed by atoms with Crippen LogP contribution in [0.25, 0.3) is 0 Å². The van der Waals surface area contributed by atoms with Gasteiger partial charge in [0.15, 0.2) is 0 Å². The Balaban J connectivity index is 1.96. The number of anilines is 1. The van der Waals surface area contributed by atoms with Gasteiger partial charge >= 0.3 is 0 Å². The van der Waals surface area contributed by atoms with E-state index in [-0.39, 0.29) is 4.90 Å². The molecule has 0 saturated heterocycles. The van der Waals surface area contributed by atoms with Gasteiger partial charge in [0.25, 0.3) is 10.0 Å². The lowest BCUT2D eigenvalue weighted by molar-refractivity contribution is 0.601. The van der Waals surface area contributed by atoms with Gasteiger partial charge < -0.3 is 5.32 Å². The molecule has 0 bridgehead atoms. The molecule has 1 aliphatic rings. The minimum absolute atomic E-state index is 0.138. The number of fused-ring (bicyclic) bond motifs is 1. The first-order chi connectivity index (χ1) is 9.17. The predicted molar refractivity (Wildman–Crippen MR) is 71.2 cm³/mol. The van der Waals surface area contributed by atoms with Gasteiger partial charge in [0, 0.05) is 12.7 Å². The van der Waals surface area contributed by atoms with E-state index in [2.05, 4.69) is 20.2 Å². The zero-order valence-corrected chi connectivity index (χ0v) is 11.0. The zero-order chi connectivity index (χ0) is 13.3. The van der Waals surface area contributed by atoms with Crippen LogP contribution in [0.1, 0.15) is 11.1 Å². The van der Waals surface area contributed by atoms with Crippen molar-refractivity contribution in [2.45, 2.75) is 17.9 Å². The zero-order valence-electron chi connectivity index (χ0n) is 10.2. The highest BCUT2D eigenvalue weighted by Gasteiger charge is 2.19. The van der Waals surface area contributed by atoms with E-state index in [1.807, 2.05) is 12.1 Å². The third kappa shape index (κ3) is 2.34. The SMILES string of the molecule is O=S(=O)(Nc1cccc2c1CCNC2)c1cn[nH]c1. The predicted octanol–water partition coefficient (Wildman–Crippen LogP) is 0.856. The molecular weight excluding hydrogens is 264 g/mol. The van der Waals surface area contributed by atoms with Crippen LogP contribution < -0.4 is 10.0 Å². The van der Waals surface area contributed by atoms with E-state index in [0.29, 0.717) is 5.69 Å². The summed E-state index contributed by atoms with van der Waals surface area (Å²) in [6.45, 7) is 1.63. The normalized spacial score (nSPS) is 14.9. The average molecular weight is 278 g/mol. The number of nitrogens with zero attached hydrogens (tertiary/aromatic N) is 1. The molecule has 100 valence electrons. The summed E-state index contributed by atoms with van der Waals surface area (Å²) in [7, 11) is -3.57. The Morgan fingerprint density at radius 3 is 3.00 bits per heavy atom. The Bertz CT molecular complexity index is 680. The number of nitrogens with one attached hydrogen (secondary N) is 3. The molecule has 0 fully saturated rings. The second kappa shape index (κ2) is 4.67. The number of aromatic nitrogens is 2. The van der Waals surface area contributed by atoms with Crippen LogP contribution in [0.15, 0.2) is 35.5 Å². The van der Waals surface area contributed by atoms with Crippen molar-refractivity contribution in [3.63, 3.8) is 0 Å². The van der Waals surface area contributed by atoms with E-state index in [0.717, 1.165) is 30.6 Å². The quantitative estimate of drug-likeness (QED) is 0.777. The highest BCUT2D eigenvalue weighted by Crippen LogP contribution is 2.25. The third-order valence-electron chi connectivity index (χ3n) is 3.17. The first-order valence-electron chi connectivity index (χ1n) is 6.00. The minimum atomic E-state index is -3.57. The number of hydrogen-bond acceptors (Lipinski definition) is 4. The summed E-state index contributed by atoms with van der Waals surface area (Å²) in [4.78, 5) is 0.138. The fraction of sp³-hybridized carbons (Fsp3) is 0.250. The Labute approximate surface area is 111 Å². The van der Waals surface area contributed by atoms with Crippen molar-refractivity contribution in [2.24, 2.45) is 0 Å². The Kier molecular flexibility index (Phi) is 3.00. The maximum absolute atomic E-state index is 12.2. The van der Waals surface area contributed by atoms with Crippen LogP contribution in [0.2, 0.25) is 0 Å². The number of benzene rings is 1. The van der Waals surface area contributed by atoms with Gasteiger partial charge in [0.1, 0.15) is 4.90 Å². The lowest BCUT2D eigenvalue weighted by Crippen LogP contribution is -2.25. The molecule has 19 heavy (non-hydrogen) atoms. The lowest BCUT2D eigenvalue weighted by Gasteiger charge is -2.20. The summed E-state index contributed by atoms with van der Waals surface area (Å²) in [5.74, 6) is 0.